The fourth-order valence-corrected chi connectivity index (χ4v) is 4.36. The molecule has 2 aliphatic heterocycles. The Kier molecular flexibility index (Phi) is 8.37. The molecule has 0 aromatic carbocycles. The summed E-state index contributed by atoms with van der Waals surface area (Å²) in [6.45, 7) is 15.5. The Balaban J connectivity index is 1.55. The van der Waals surface area contributed by atoms with E-state index in [1.54, 1.807) is 0 Å². The van der Waals surface area contributed by atoms with Crippen molar-refractivity contribution in [3.05, 3.63) is 11.6 Å². The number of carbonyl (C=O) groups is 1. The summed E-state index contributed by atoms with van der Waals surface area (Å²) in [6, 6.07) is 0. The minimum Gasteiger partial charge on any atom is -0.444 e. The van der Waals surface area contributed by atoms with Crippen molar-refractivity contribution in [2.75, 3.05) is 32.7 Å². The Hall–Kier alpha value is -2.32. The average molecular weight is 448 g/mol. The van der Waals surface area contributed by atoms with E-state index in [1.807, 2.05) is 32.6 Å². The van der Waals surface area contributed by atoms with Gasteiger partial charge in [-0.15, -0.1) is 10.2 Å². The van der Waals surface area contributed by atoms with Gasteiger partial charge in [0.15, 0.2) is 11.8 Å². The van der Waals surface area contributed by atoms with Crippen LogP contribution in [0.1, 0.15) is 72.0 Å². The molecule has 0 spiro atoms. The molecular weight excluding hydrogens is 406 g/mol. The zero-order valence-electron chi connectivity index (χ0n) is 20.6. The van der Waals surface area contributed by atoms with Crippen LogP contribution in [0.2, 0.25) is 0 Å². The molecule has 0 unspecified atom stereocenters. The van der Waals surface area contributed by atoms with E-state index in [9.17, 15) is 4.79 Å². The van der Waals surface area contributed by atoms with Crippen molar-refractivity contribution < 1.29 is 9.53 Å². The first-order valence-electron chi connectivity index (χ1n) is 12.2. The number of aryl methyl sites for hydroxylation is 1. The molecule has 1 saturated heterocycles. The van der Waals surface area contributed by atoms with Crippen LogP contribution in [0.15, 0.2) is 4.99 Å². The van der Waals surface area contributed by atoms with Crippen LogP contribution < -0.4 is 5.32 Å². The molecule has 1 N–H and O–H groups in total. The predicted octanol–water partition coefficient (Wildman–Crippen LogP) is 3.05. The minimum atomic E-state index is -0.464. The predicted molar refractivity (Wildman–Crippen MR) is 126 cm³/mol. The monoisotopic (exact) mass is 447 g/mol. The second kappa shape index (κ2) is 11.0. The summed E-state index contributed by atoms with van der Waals surface area (Å²) in [7, 11) is 0. The number of amides is 1. The minimum absolute atomic E-state index is 0.214. The number of hydrogen-bond acceptors (Lipinski definition) is 5. The number of piperidine rings is 1. The molecule has 0 radical (unpaired) electrons. The lowest BCUT2D eigenvalue weighted by Gasteiger charge is -2.36. The van der Waals surface area contributed by atoms with Gasteiger partial charge >= 0.3 is 6.09 Å². The number of likely N-dealkylation sites (tertiary alicyclic amines) is 1. The number of ether oxygens (including phenoxy) is 1. The van der Waals surface area contributed by atoms with Crippen LogP contribution in [-0.4, -0.2) is 74.9 Å². The highest BCUT2D eigenvalue weighted by Gasteiger charge is 2.27. The van der Waals surface area contributed by atoms with Crippen LogP contribution in [0, 0.1) is 5.92 Å². The Morgan fingerprint density at radius 1 is 1.19 bits per heavy atom. The van der Waals surface area contributed by atoms with E-state index in [4.69, 9.17) is 9.73 Å². The molecule has 1 amide bonds. The van der Waals surface area contributed by atoms with Crippen molar-refractivity contribution in [1.29, 1.82) is 0 Å². The van der Waals surface area contributed by atoms with Gasteiger partial charge < -0.3 is 24.4 Å². The zero-order chi connectivity index (χ0) is 23.1. The molecule has 0 saturated carbocycles. The SMILES string of the molecule is CCNC(=NCc1nnc2n1CCCC2)N1CCC(CN(CC)C(=O)OC(C)(C)C)CC1. The Morgan fingerprint density at radius 3 is 2.59 bits per heavy atom. The molecule has 3 rings (SSSR count). The van der Waals surface area contributed by atoms with Crippen LogP contribution in [0.5, 0.6) is 0 Å². The lowest BCUT2D eigenvalue weighted by molar-refractivity contribution is 0.0214. The van der Waals surface area contributed by atoms with Gasteiger partial charge in [-0.2, -0.15) is 0 Å². The number of nitrogens with zero attached hydrogens (tertiary/aromatic N) is 6. The maximum atomic E-state index is 12.5. The van der Waals surface area contributed by atoms with E-state index in [0.29, 0.717) is 19.0 Å². The van der Waals surface area contributed by atoms with Crippen LogP contribution in [-0.2, 0) is 24.2 Å². The van der Waals surface area contributed by atoms with Crippen molar-refractivity contribution in [3.8, 4) is 0 Å². The summed E-state index contributed by atoms with van der Waals surface area (Å²) < 4.78 is 7.80. The fourth-order valence-electron chi connectivity index (χ4n) is 4.36. The first kappa shape index (κ1) is 24.3. The van der Waals surface area contributed by atoms with Gasteiger partial charge in [0.25, 0.3) is 0 Å². The highest BCUT2D eigenvalue weighted by atomic mass is 16.6. The number of aliphatic imine (C=N–C) groups is 1. The summed E-state index contributed by atoms with van der Waals surface area (Å²) in [4.78, 5) is 21.5. The maximum Gasteiger partial charge on any atom is 0.410 e. The van der Waals surface area contributed by atoms with Gasteiger partial charge in [-0.3, -0.25) is 0 Å². The van der Waals surface area contributed by atoms with Gasteiger partial charge in [0, 0.05) is 45.7 Å². The van der Waals surface area contributed by atoms with E-state index in [-0.39, 0.29) is 6.09 Å². The summed E-state index contributed by atoms with van der Waals surface area (Å²) in [5.41, 5.74) is -0.464. The lowest BCUT2D eigenvalue weighted by atomic mass is 9.96. The Bertz CT molecular complexity index is 776. The van der Waals surface area contributed by atoms with Gasteiger partial charge in [-0.05, 0) is 66.2 Å². The van der Waals surface area contributed by atoms with Crippen molar-refractivity contribution >= 4 is 12.1 Å². The molecule has 0 bridgehead atoms. The molecule has 32 heavy (non-hydrogen) atoms. The van der Waals surface area contributed by atoms with E-state index >= 15 is 0 Å². The molecule has 0 aliphatic carbocycles. The van der Waals surface area contributed by atoms with Crippen LogP contribution in [0.4, 0.5) is 4.79 Å². The van der Waals surface area contributed by atoms with Gasteiger partial charge in [0.2, 0.25) is 0 Å². The van der Waals surface area contributed by atoms with Crippen LogP contribution >= 0.6 is 0 Å². The normalized spacial score (nSPS) is 17.8. The molecule has 2 aliphatic rings. The molecular formula is C23H41N7O2. The first-order chi connectivity index (χ1) is 15.3. The number of nitrogens with one attached hydrogen (secondary N) is 1. The third-order valence-corrected chi connectivity index (χ3v) is 6.07. The number of carbonyl (C=O) groups excluding carboxylic acids is 1. The number of fused-ring (bicyclic) bond motifs is 1. The third kappa shape index (κ3) is 6.59. The molecule has 180 valence electrons. The third-order valence-electron chi connectivity index (χ3n) is 6.07. The quantitative estimate of drug-likeness (QED) is 0.533. The Labute approximate surface area is 192 Å². The number of rotatable bonds is 6. The van der Waals surface area contributed by atoms with Crippen molar-refractivity contribution in [2.24, 2.45) is 10.9 Å². The number of hydrogen-bond donors (Lipinski definition) is 1. The highest BCUT2D eigenvalue weighted by molar-refractivity contribution is 5.80. The Morgan fingerprint density at radius 2 is 1.94 bits per heavy atom. The molecule has 3 heterocycles. The molecule has 1 fully saturated rings. The van der Waals surface area contributed by atoms with Gasteiger partial charge in [-0.25, -0.2) is 9.79 Å². The summed E-state index contributed by atoms with van der Waals surface area (Å²) in [5, 5.41) is 12.2. The van der Waals surface area contributed by atoms with Crippen molar-refractivity contribution in [2.45, 2.75) is 85.4 Å². The van der Waals surface area contributed by atoms with Crippen LogP contribution in [0.3, 0.4) is 0 Å². The first-order valence-corrected chi connectivity index (χ1v) is 12.2. The summed E-state index contributed by atoms with van der Waals surface area (Å²) in [5.74, 6) is 3.47. The van der Waals surface area contributed by atoms with Crippen molar-refractivity contribution in [3.63, 3.8) is 0 Å². The number of aromatic nitrogens is 3. The van der Waals surface area contributed by atoms with Gasteiger partial charge in [0.1, 0.15) is 18.0 Å². The largest absolute Gasteiger partial charge is 0.444 e. The standard InChI is InChI=1S/C23H41N7O2/c1-6-24-21(25-16-20-27-26-19-10-8-9-13-30(19)20)29-14-11-18(12-15-29)17-28(7-2)22(31)32-23(3,4)5/h18H,6-17H2,1-5H3,(H,24,25). The summed E-state index contributed by atoms with van der Waals surface area (Å²) >= 11 is 0. The van der Waals surface area contributed by atoms with Gasteiger partial charge in [-0.1, -0.05) is 0 Å². The van der Waals surface area contributed by atoms with E-state index in [0.717, 1.165) is 69.6 Å². The van der Waals surface area contributed by atoms with E-state index in [2.05, 4.69) is 31.9 Å². The van der Waals surface area contributed by atoms with E-state index < -0.39 is 5.60 Å². The topological polar surface area (TPSA) is 87.9 Å². The van der Waals surface area contributed by atoms with Crippen LogP contribution in [0.25, 0.3) is 0 Å². The fraction of sp³-hybridized carbons (Fsp3) is 0.826. The molecule has 1 aromatic rings. The smallest absolute Gasteiger partial charge is 0.410 e. The molecule has 0 atom stereocenters. The molecule has 9 heteroatoms. The number of guanidine groups is 1. The van der Waals surface area contributed by atoms with E-state index in [1.165, 1.54) is 12.8 Å². The second-order valence-electron chi connectivity index (χ2n) is 9.76. The second-order valence-corrected chi connectivity index (χ2v) is 9.76. The molecule has 9 nitrogen and oxygen atoms in total. The highest BCUT2D eigenvalue weighted by Crippen LogP contribution is 2.21. The summed E-state index contributed by atoms with van der Waals surface area (Å²) in [6.07, 6.45) is 5.25. The average Bonchev–Trinajstić information content (AvgIpc) is 3.17. The maximum absolute atomic E-state index is 12.5. The van der Waals surface area contributed by atoms with Gasteiger partial charge in [0.05, 0.1) is 0 Å². The lowest BCUT2D eigenvalue weighted by Crippen LogP contribution is -2.47. The molecule has 1 aromatic heterocycles. The van der Waals surface area contributed by atoms with Crippen molar-refractivity contribution in [1.82, 2.24) is 29.9 Å². The zero-order valence-corrected chi connectivity index (χ0v) is 20.6.